The van der Waals surface area contributed by atoms with Gasteiger partial charge in [0.1, 0.15) is 11.6 Å². The predicted molar refractivity (Wildman–Crippen MR) is 77.5 cm³/mol. The van der Waals surface area contributed by atoms with Crippen molar-refractivity contribution in [1.29, 1.82) is 0 Å². The maximum Gasteiger partial charge on any atom is 0.251 e. The van der Waals surface area contributed by atoms with Crippen molar-refractivity contribution in [2.75, 3.05) is 12.3 Å². The third kappa shape index (κ3) is 3.60. The number of nitrogens with two attached hydrogens (primary N) is 1. The van der Waals surface area contributed by atoms with Crippen LogP contribution in [0.4, 0.5) is 5.82 Å². The predicted octanol–water partition coefficient (Wildman–Crippen LogP) is 2.35. The monoisotopic (exact) mass is 273 g/mol. The molecule has 3 N–H and O–H groups in total. The topological polar surface area (TPSA) is 81.2 Å². The van der Waals surface area contributed by atoms with Crippen LogP contribution in [0.3, 0.4) is 0 Å². The Morgan fingerprint density at radius 3 is 2.90 bits per heavy atom. The Morgan fingerprint density at radius 2 is 2.25 bits per heavy atom. The van der Waals surface area contributed by atoms with E-state index in [-0.39, 0.29) is 11.8 Å². The van der Waals surface area contributed by atoms with Gasteiger partial charge in [-0.15, -0.1) is 0 Å². The lowest BCUT2D eigenvalue weighted by Gasteiger charge is -2.09. The highest BCUT2D eigenvalue weighted by atomic mass is 16.3. The summed E-state index contributed by atoms with van der Waals surface area (Å²) in [5.41, 5.74) is 7.10. The van der Waals surface area contributed by atoms with Crippen LogP contribution in [0.25, 0.3) is 0 Å². The fourth-order valence-electron chi connectivity index (χ4n) is 1.86. The van der Waals surface area contributed by atoms with Crippen LogP contribution in [0, 0.1) is 0 Å². The van der Waals surface area contributed by atoms with Crippen LogP contribution in [0.1, 0.15) is 41.6 Å². The lowest BCUT2D eigenvalue weighted by Crippen LogP contribution is -2.26. The smallest absolute Gasteiger partial charge is 0.251 e. The summed E-state index contributed by atoms with van der Waals surface area (Å²) in [6.07, 6.45) is 2.28. The van der Waals surface area contributed by atoms with Crippen LogP contribution in [0.5, 0.6) is 0 Å². The number of amides is 1. The molecule has 0 saturated carbocycles. The molecule has 0 unspecified atom stereocenters. The van der Waals surface area contributed by atoms with Gasteiger partial charge in [0.05, 0.1) is 6.26 Å². The number of nitrogens with zero attached hydrogens (tertiary/aromatic N) is 1. The van der Waals surface area contributed by atoms with Crippen molar-refractivity contribution >= 4 is 11.7 Å². The summed E-state index contributed by atoms with van der Waals surface area (Å²) >= 11 is 0. The summed E-state index contributed by atoms with van der Waals surface area (Å²) in [6, 6.07) is 7.08. The number of aromatic nitrogens is 1. The highest BCUT2D eigenvalue weighted by Gasteiger charge is 2.10. The number of nitrogen functional groups attached to an aromatic ring is 1. The SMILES string of the molecule is CC(C)c1cc(C(=O)NCCc2ccco2)cc(N)n1. The Hall–Kier alpha value is -2.30. The van der Waals surface area contributed by atoms with Gasteiger partial charge in [-0.25, -0.2) is 4.98 Å². The van der Waals surface area contributed by atoms with Gasteiger partial charge < -0.3 is 15.5 Å². The van der Waals surface area contributed by atoms with Gasteiger partial charge in [0.2, 0.25) is 0 Å². The molecule has 0 atom stereocenters. The summed E-state index contributed by atoms with van der Waals surface area (Å²) in [5, 5.41) is 2.85. The second-order valence-corrected chi connectivity index (χ2v) is 4.95. The number of anilines is 1. The van der Waals surface area contributed by atoms with Gasteiger partial charge >= 0.3 is 0 Å². The molecule has 5 nitrogen and oxygen atoms in total. The van der Waals surface area contributed by atoms with Crippen molar-refractivity contribution in [2.24, 2.45) is 0 Å². The van der Waals surface area contributed by atoms with Crippen molar-refractivity contribution in [2.45, 2.75) is 26.2 Å². The molecule has 106 valence electrons. The zero-order valence-corrected chi connectivity index (χ0v) is 11.7. The Balaban J connectivity index is 1.98. The van der Waals surface area contributed by atoms with Crippen LogP contribution in [-0.2, 0) is 6.42 Å². The number of carbonyl (C=O) groups is 1. The third-order valence-electron chi connectivity index (χ3n) is 2.96. The highest BCUT2D eigenvalue weighted by Crippen LogP contribution is 2.16. The fraction of sp³-hybridized carbons (Fsp3) is 0.333. The summed E-state index contributed by atoms with van der Waals surface area (Å²) in [6.45, 7) is 4.55. The van der Waals surface area contributed by atoms with Gasteiger partial charge in [-0.1, -0.05) is 13.8 Å². The average Bonchev–Trinajstić information content (AvgIpc) is 2.91. The van der Waals surface area contributed by atoms with E-state index in [4.69, 9.17) is 10.2 Å². The molecule has 0 aliphatic rings. The molecular weight excluding hydrogens is 254 g/mol. The van der Waals surface area contributed by atoms with E-state index in [9.17, 15) is 4.79 Å². The van der Waals surface area contributed by atoms with Crippen LogP contribution >= 0.6 is 0 Å². The number of nitrogens with one attached hydrogen (secondary N) is 1. The van der Waals surface area contributed by atoms with Crippen LogP contribution < -0.4 is 11.1 Å². The van der Waals surface area contributed by atoms with Gasteiger partial charge in [-0.2, -0.15) is 0 Å². The Kier molecular flexibility index (Phi) is 4.40. The molecule has 2 heterocycles. The Bertz CT molecular complexity index is 577. The minimum Gasteiger partial charge on any atom is -0.469 e. The quantitative estimate of drug-likeness (QED) is 0.876. The molecular formula is C15H19N3O2. The molecule has 20 heavy (non-hydrogen) atoms. The maximum atomic E-state index is 12.1. The first-order chi connectivity index (χ1) is 9.56. The number of hydrogen-bond acceptors (Lipinski definition) is 4. The normalized spacial score (nSPS) is 10.8. The molecule has 0 spiro atoms. The highest BCUT2D eigenvalue weighted by molar-refractivity contribution is 5.94. The maximum absolute atomic E-state index is 12.1. The third-order valence-corrected chi connectivity index (χ3v) is 2.96. The molecule has 2 aromatic rings. The van der Waals surface area contributed by atoms with Crippen molar-refractivity contribution in [3.05, 3.63) is 47.5 Å². The first kappa shape index (κ1) is 14.1. The van der Waals surface area contributed by atoms with Gasteiger partial charge in [0.25, 0.3) is 5.91 Å². The first-order valence-electron chi connectivity index (χ1n) is 6.64. The molecule has 0 radical (unpaired) electrons. The van der Waals surface area contributed by atoms with Crippen molar-refractivity contribution in [3.8, 4) is 0 Å². The number of carbonyl (C=O) groups excluding carboxylic acids is 1. The molecule has 0 aliphatic carbocycles. The van der Waals surface area contributed by atoms with Crippen LogP contribution in [-0.4, -0.2) is 17.4 Å². The van der Waals surface area contributed by atoms with Crippen molar-refractivity contribution in [3.63, 3.8) is 0 Å². The number of hydrogen-bond donors (Lipinski definition) is 2. The molecule has 0 bridgehead atoms. The van der Waals surface area contributed by atoms with Gasteiger partial charge in [-0.3, -0.25) is 4.79 Å². The lowest BCUT2D eigenvalue weighted by molar-refractivity contribution is 0.0953. The van der Waals surface area contributed by atoms with E-state index in [0.717, 1.165) is 11.5 Å². The van der Waals surface area contributed by atoms with E-state index < -0.39 is 0 Å². The zero-order chi connectivity index (χ0) is 14.5. The molecule has 1 amide bonds. The molecule has 2 aromatic heterocycles. The summed E-state index contributed by atoms with van der Waals surface area (Å²) < 4.78 is 5.21. The van der Waals surface area contributed by atoms with E-state index in [2.05, 4.69) is 10.3 Å². The van der Waals surface area contributed by atoms with E-state index in [1.54, 1.807) is 18.4 Å². The molecule has 0 saturated heterocycles. The van der Waals surface area contributed by atoms with E-state index in [0.29, 0.717) is 24.3 Å². The molecule has 0 aromatic carbocycles. The summed E-state index contributed by atoms with van der Waals surface area (Å²) in [5.74, 6) is 1.30. The molecule has 0 aliphatic heterocycles. The van der Waals surface area contributed by atoms with Crippen molar-refractivity contribution in [1.82, 2.24) is 10.3 Å². The number of furan rings is 1. The zero-order valence-electron chi connectivity index (χ0n) is 11.7. The second kappa shape index (κ2) is 6.23. The van der Waals surface area contributed by atoms with Crippen LogP contribution in [0.15, 0.2) is 34.9 Å². The van der Waals surface area contributed by atoms with E-state index in [1.807, 2.05) is 26.0 Å². The number of pyridine rings is 1. The fourth-order valence-corrected chi connectivity index (χ4v) is 1.86. The Morgan fingerprint density at radius 1 is 1.45 bits per heavy atom. The van der Waals surface area contributed by atoms with Crippen molar-refractivity contribution < 1.29 is 9.21 Å². The lowest BCUT2D eigenvalue weighted by atomic mass is 10.1. The minimum absolute atomic E-state index is 0.146. The number of rotatable bonds is 5. The first-order valence-corrected chi connectivity index (χ1v) is 6.64. The van der Waals surface area contributed by atoms with E-state index in [1.165, 1.54) is 0 Å². The van der Waals surface area contributed by atoms with E-state index >= 15 is 0 Å². The molecule has 2 rings (SSSR count). The second-order valence-electron chi connectivity index (χ2n) is 4.95. The standard InChI is InChI=1S/C15H19N3O2/c1-10(2)13-8-11(9-14(16)18-13)15(19)17-6-5-12-4-3-7-20-12/h3-4,7-10H,5-6H2,1-2H3,(H2,16,18)(H,17,19). The Labute approximate surface area is 118 Å². The van der Waals surface area contributed by atoms with Gasteiger partial charge in [0, 0.05) is 24.2 Å². The summed E-state index contributed by atoms with van der Waals surface area (Å²) in [4.78, 5) is 16.3. The minimum atomic E-state index is -0.146. The average molecular weight is 273 g/mol. The van der Waals surface area contributed by atoms with Gasteiger partial charge in [0.15, 0.2) is 0 Å². The van der Waals surface area contributed by atoms with Gasteiger partial charge in [-0.05, 0) is 30.2 Å². The van der Waals surface area contributed by atoms with Crippen LogP contribution in [0.2, 0.25) is 0 Å². The molecule has 5 heteroatoms. The largest absolute Gasteiger partial charge is 0.469 e. The summed E-state index contributed by atoms with van der Waals surface area (Å²) in [7, 11) is 0. The molecule has 0 fully saturated rings.